The molecule has 0 fully saturated rings. The second-order valence-corrected chi connectivity index (χ2v) is 7.13. The number of aryl methyl sites for hydroxylation is 1. The summed E-state index contributed by atoms with van der Waals surface area (Å²) in [7, 11) is 0. The summed E-state index contributed by atoms with van der Waals surface area (Å²) in [6.07, 6.45) is 6.32. The zero-order valence-electron chi connectivity index (χ0n) is 12.9. The lowest BCUT2D eigenvalue weighted by Crippen LogP contribution is -2.35. The highest BCUT2D eigenvalue weighted by molar-refractivity contribution is 8.01. The zero-order chi connectivity index (χ0) is 16.9. The summed E-state index contributed by atoms with van der Waals surface area (Å²) < 4.78 is 1.96. The lowest BCUT2D eigenvalue weighted by atomic mass is 10.2. The fourth-order valence-electron chi connectivity index (χ4n) is 2.41. The van der Waals surface area contributed by atoms with Crippen molar-refractivity contribution in [1.29, 1.82) is 0 Å². The first-order valence-electron chi connectivity index (χ1n) is 7.61. The molecule has 1 aromatic heterocycles. The van der Waals surface area contributed by atoms with E-state index in [2.05, 4.69) is 15.6 Å². The highest BCUT2D eigenvalue weighted by atomic mass is 35.5. The van der Waals surface area contributed by atoms with Gasteiger partial charge in [0, 0.05) is 41.8 Å². The molecule has 0 spiro atoms. The van der Waals surface area contributed by atoms with Gasteiger partial charge in [-0.05, 0) is 24.6 Å². The SMILES string of the molecule is O=C(CC1Sc2ccc(Cl)cc2NC1=O)NCCCn1ccnc1. The van der Waals surface area contributed by atoms with Crippen LogP contribution in [0.2, 0.25) is 5.02 Å². The van der Waals surface area contributed by atoms with Gasteiger partial charge in [0.25, 0.3) is 0 Å². The minimum atomic E-state index is -0.424. The first-order valence-corrected chi connectivity index (χ1v) is 8.87. The van der Waals surface area contributed by atoms with Crippen LogP contribution in [-0.2, 0) is 16.1 Å². The summed E-state index contributed by atoms with van der Waals surface area (Å²) in [5, 5.41) is 5.82. The van der Waals surface area contributed by atoms with Crippen LogP contribution >= 0.6 is 23.4 Å². The van der Waals surface area contributed by atoms with Gasteiger partial charge >= 0.3 is 0 Å². The van der Waals surface area contributed by atoms with Crippen LogP contribution < -0.4 is 10.6 Å². The Balaban J connectivity index is 1.46. The largest absolute Gasteiger partial charge is 0.356 e. The average Bonchev–Trinajstić information content (AvgIpc) is 3.06. The van der Waals surface area contributed by atoms with Gasteiger partial charge in [-0.25, -0.2) is 4.98 Å². The van der Waals surface area contributed by atoms with Crippen LogP contribution in [-0.4, -0.2) is 33.2 Å². The molecule has 1 aliphatic heterocycles. The second-order valence-electron chi connectivity index (χ2n) is 5.44. The van der Waals surface area contributed by atoms with Crippen LogP contribution in [0.4, 0.5) is 5.69 Å². The monoisotopic (exact) mass is 364 g/mol. The van der Waals surface area contributed by atoms with Gasteiger partial charge in [0.05, 0.1) is 17.3 Å². The number of rotatable bonds is 6. The van der Waals surface area contributed by atoms with Gasteiger partial charge in [-0.2, -0.15) is 0 Å². The third-order valence-electron chi connectivity index (χ3n) is 3.61. The Kier molecular flexibility index (Phi) is 5.42. The van der Waals surface area contributed by atoms with Gasteiger partial charge in [0.1, 0.15) is 0 Å². The molecular weight excluding hydrogens is 348 g/mol. The van der Waals surface area contributed by atoms with E-state index in [0.717, 1.165) is 17.9 Å². The molecule has 2 N–H and O–H groups in total. The maximum Gasteiger partial charge on any atom is 0.238 e. The number of fused-ring (bicyclic) bond motifs is 1. The number of carbonyl (C=O) groups is 2. The van der Waals surface area contributed by atoms with Crippen molar-refractivity contribution >= 4 is 40.9 Å². The number of carbonyl (C=O) groups excluding carboxylic acids is 2. The van der Waals surface area contributed by atoms with Crippen LogP contribution in [0.5, 0.6) is 0 Å². The van der Waals surface area contributed by atoms with Gasteiger partial charge in [0.2, 0.25) is 11.8 Å². The molecule has 1 atom stereocenters. The van der Waals surface area contributed by atoms with Gasteiger partial charge in [-0.3, -0.25) is 9.59 Å². The summed E-state index contributed by atoms with van der Waals surface area (Å²) in [4.78, 5) is 29.1. The molecule has 2 aromatic rings. The fourth-order valence-corrected chi connectivity index (χ4v) is 3.67. The van der Waals surface area contributed by atoms with Gasteiger partial charge in [-0.15, -0.1) is 11.8 Å². The lowest BCUT2D eigenvalue weighted by Gasteiger charge is -2.23. The van der Waals surface area contributed by atoms with Crippen molar-refractivity contribution in [3.63, 3.8) is 0 Å². The molecule has 0 saturated heterocycles. The first-order chi connectivity index (χ1) is 11.6. The molecule has 3 rings (SSSR count). The Labute approximate surface area is 149 Å². The molecule has 1 unspecified atom stereocenters. The second kappa shape index (κ2) is 7.72. The quantitative estimate of drug-likeness (QED) is 0.772. The number of aromatic nitrogens is 2. The number of nitrogens with one attached hydrogen (secondary N) is 2. The molecule has 1 aromatic carbocycles. The minimum Gasteiger partial charge on any atom is -0.356 e. The number of hydrogen-bond donors (Lipinski definition) is 2. The maximum atomic E-state index is 12.1. The number of halogens is 1. The number of nitrogens with zero attached hydrogens (tertiary/aromatic N) is 2. The topological polar surface area (TPSA) is 76.0 Å². The number of hydrogen-bond acceptors (Lipinski definition) is 4. The summed E-state index contributed by atoms with van der Waals surface area (Å²) in [5.41, 5.74) is 0.703. The number of amides is 2. The van der Waals surface area contributed by atoms with Crippen LogP contribution in [0.25, 0.3) is 0 Å². The molecule has 1 aliphatic rings. The van der Waals surface area contributed by atoms with Crippen molar-refractivity contribution in [2.75, 3.05) is 11.9 Å². The third kappa shape index (κ3) is 4.30. The molecule has 0 saturated carbocycles. The van der Waals surface area contributed by atoms with E-state index in [0.29, 0.717) is 17.3 Å². The van der Waals surface area contributed by atoms with Crippen LogP contribution in [0.3, 0.4) is 0 Å². The normalized spacial score (nSPS) is 16.4. The summed E-state index contributed by atoms with van der Waals surface area (Å²) >= 11 is 7.32. The Hall–Kier alpha value is -1.99. The fraction of sp³-hybridized carbons (Fsp3) is 0.312. The molecule has 0 aliphatic carbocycles. The summed E-state index contributed by atoms with van der Waals surface area (Å²) in [6, 6.07) is 5.35. The van der Waals surface area contributed by atoms with Crippen molar-refractivity contribution in [2.24, 2.45) is 0 Å². The van der Waals surface area contributed by atoms with Crippen molar-refractivity contribution in [2.45, 2.75) is 29.5 Å². The van der Waals surface area contributed by atoms with Crippen molar-refractivity contribution < 1.29 is 9.59 Å². The van der Waals surface area contributed by atoms with E-state index in [4.69, 9.17) is 11.6 Å². The molecule has 6 nitrogen and oxygen atoms in total. The van der Waals surface area contributed by atoms with Gasteiger partial charge < -0.3 is 15.2 Å². The molecule has 2 amide bonds. The van der Waals surface area contributed by atoms with Crippen molar-refractivity contribution in [3.8, 4) is 0 Å². The Morgan fingerprint density at radius 3 is 3.12 bits per heavy atom. The summed E-state index contributed by atoms with van der Waals surface area (Å²) in [6.45, 7) is 1.37. The molecule has 0 bridgehead atoms. The number of benzene rings is 1. The lowest BCUT2D eigenvalue weighted by molar-refractivity contribution is -0.124. The van der Waals surface area contributed by atoms with E-state index < -0.39 is 5.25 Å². The van der Waals surface area contributed by atoms with Crippen molar-refractivity contribution in [1.82, 2.24) is 14.9 Å². The van der Waals surface area contributed by atoms with Gasteiger partial charge in [0.15, 0.2) is 0 Å². The van der Waals surface area contributed by atoms with Crippen molar-refractivity contribution in [3.05, 3.63) is 41.9 Å². The van der Waals surface area contributed by atoms with Crippen LogP contribution in [0.15, 0.2) is 41.8 Å². The third-order valence-corrected chi connectivity index (χ3v) is 5.12. The Bertz CT molecular complexity index is 736. The van der Waals surface area contributed by atoms with Gasteiger partial charge in [-0.1, -0.05) is 11.6 Å². The minimum absolute atomic E-state index is 0.120. The van der Waals surface area contributed by atoms with E-state index in [1.165, 1.54) is 11.8 Å². The van der Waals surface area contributed by atoms with Crippen LogP contribution in [0.1, 0.15) is 12.8 Å². The maximum absolute atomic E-state index is 12.1. The van der Waals surface area contributed by atoms with E-state index in [1.807, 2.05) is 16.8 Å². The van der Waals surface area contributed by atoms with E-state index >= 15 is 0 Å². The molecule has 126 valence electrons. The smallest absolute Gasteiger partial charge is 0.238 e. The Morgan fingerprint density at radius 2 is 2.33 bits per heavy atom. The average molecular weight is 365 g/mol. The van der Waals surface area contributed by atoms with E-state index in [1.54, 1.807) is 24.7 Å². The molecule has 8 heteroatoms. The van der Waals surface area contributed by atoms with Crippen LogP contribution in [0, 0.1) is 0 Å². The van der Waals surface area contributed by atoms with E-state index in [-0.39, 0.29) is 18.2 Å². The molecule has 2 heterocycles. The highest BCUT2D eigenvalue weighted by Gasteiger charge is 2.28. The predicted octanol–water partition coefficient (Wildman–Crippen LogP) is 2.55. The Morgan fingerprint density at radius 1 is 1.46 bits per heavy atom. The number of thioether (sulfide) groups is 1. The number of imidazole rings is 1. The highest BCUT2D eigenvalue weighted by Crippen LogP contribution is 2.38. The first kappa shape index (κ1) is 16.9. The predicted molar refractivity (Wildman–Crippen MR) is 94.2 cm³/mol. The molecule has 24 heavy (non-hydrogen) atoms. The number of anilines is 1. The molecular formula is C16H17ClN4O2S. The standard InChI is InChI=1S/C16H17ClN4O2S/c17-11-2-3-13-12(8-11)20-16(23)14(24-13)9-15(22)19-4-1-6-21-7-5-18-10-21/h2-3,5,7-8,10,14H,1,4,6,9H2,(H,19,22)(H,20,23). The van der Waals surface area contributed by atoms with E-state index in [9.17, 15) is 9.59 Å². The zero-order valence-corrected chi connectivity index (χ0v) is 14.4. The summed E-state index contributed by atoms with van der Waals surface area (Å²) in [5.74, 6) is -0.283. The molecule has 0 radical (unpaired) electrons.